The zero-order valence-corrected chi connectivity index (χ0v) is 15.1. The number of nitrogens with one attached hydrogen (secondary N) is 1. The molecule has 1 heterocycles. The summed E-state index contributed by atoms with van der Waals surface area (Å²) in [6.07, 6.45) is 1.48. The molecule has 6 heteroatoms. The van der Waals surface area contributed by atoms with E-state index in [2.05, 4.69) is 11.4 Å². The number of carbonyl (C=O) groups is 2. The highest BCUT2D eigenvalue weighted by Gasteiger charge is 2.21. The van der Waals surface area contributed by atoms with E-state index in [1.165, 1.54) is 0 Å². The van der Waals surface area contributed by atoms with Crippen LogP contribution < -0.4 is 15.0 Å². The van der Waals surface area contributed by atoms with E-state index in [0.29, 0.717) is 17.7 Å². The predicted molar refractivity (Wildman–Crippen MR) is 101 cm³/mol. The normalized spacial score (nSPS) is 14.5. The summed E-state index contributed by atoms with van der Waals surface area (Å²) in [4.78, 5) is 25.6. The Labute approximate surface area is 158 Å². The third-order valence-corrected chi connectivity index (χ3v) is 4.51. The minimum absolute atomic E-state index is 0.0946. The number of ether oxygens (including phenoxy) is 1. The van der Waals surface area contributed by atoms with Crippen molar-refractivity contribution < 1.29 is 14.3 Å². The van der Waals surface area contributed by atoms with E-state index in [1.807, 2.05) is 31.2 Å². The lowest BCUT2D eigenvalue weighted by molar-refractivity contribution is -0.123. The van der Waals surface area contributed by atoms with Gasteiger partial charge in [0, 0.05) is 18.7 Å². The summed E-state index contributed by atoms with van der Waals surface area (Å²) in [7, 11) is 0. The number of amides is 2. The maximum atomic E-state index is 12.1. The average molecular weight is 363 g/mol. The van der Waals surface area contributed by atoms with Gasteiger partial charge in [-0.15, -0.1) is 0 Å². The molecule has 0 bridgehead atoms. The zero-order chi connectivity index (χ0) is 19.2. The lowest BCUT2D eigenvalue weighted by atomic mass is 10.1. The number of anilines is 1. The molecular formula is C21H21N3O3. The minimum Gasteiger partial charge on any atom is -0.484 e. The molecule has 1 aliphatic heterocycles. The molecule has 1 aliphatic rings. The molecule has 0 saturated carbocycles. The zero-order valence-electron chi connectivity index (χ0n) is 15.1. The molecule has 6 nitrogen and oxygen atoms in total. The van der Waals surface area contributed by atoms with Crippen LogP contribution in [0.3, 0.4) is 0 Å². The van der Waals surface area contributed by atoms with Crippen molar-refractivity contribution in [3.63, 3.8) is 0 Å². The molecule has 2 aromatic rings. The Balaban J connectivity index is 1.49. The second kappa shape index (κ2) is 8.37. The Morgan fingerprint density at radius 2 is 1.93 bits per heavy atom. The highest BCUT2D eigenvalue weighted by molar-refractivity contribution is 5.95. The van der Waals surface area contributed by atoms with Crippen LogP contribution in [-0.2, 0) is 9.59 Å². The van der Waals surface area contributed by atoms with E-state index in [0.717, 1.165) is 24.2 Å². The SMILES string of the molecule is CC(NC(=O)COc1ccc(N2CCCC2=O)cc1)c1ccc(C#N)cc1. The van der Waals surface area contributed by atoms with Crippen LogP contribution in [0.1, 0.15) is 36.9 Å². The van der Waals surface area contributed by atoms with Gasteiger partial charge in [-0.25, -0.2) is 0 Å². The Bertz CT molecular complexity index is 854. The molecule has 0 aliphatic carbocycles. The first-order chi connectivity index (χ1) is 13.1. The number of nitrogens with zero attached hydrogens (tertiary/aromatic N) is 2. The van der Waals surface area contributed by atoms with Crippen molar-refractivity contribution in [2.24, 2.45) is 0 Å². The van der Waals surface area contributed by atoms with Gasteiger partial charge in [-0.05, 0) is 55.3 Å². The number of rotatable bonds is 6. The summed E-state index contributed by atoms with van der Waals surface area (Å²) in [5.74, 6) is 0.483. The third kappa shape index (κ3) is 4.64. The maximum Gasteiger partial charge on any atom is 0.258 e. The van der Waals surface area contributed by atoms with Crippen molar-refractivity contribution in [1.82, 2.24) is 5.32 Å². The van der Waals surface area contributed by atoms with Gasteiger partial charge in [0.25, 0.3) is 5.91 Å². The van der Waals surface area contributed by atoms with Gasteiger partial charge < -0.3 is 15.0 Å². The van der Waals surface area contributed by atoms with E-state index in [4.69, 9.17) is 10.00 Å². The molecule has 3 rings (SSSR count). The summed E-state index contributed by atoms with van der Waals surface area (Å²) in [6, 6.07) is 16.2. The average Bonchev–Trinajstić information content (AvgIpc) is 3.12. The molecule has 2 amide bonds. The Kier molecular flexibility index (Phi) is 5.72. The summed E-state index contributed by atoms with van der Waals surface area (Å²) >= 11 is 0. The lowest BCUT2D eigenvalue weighted by Gasteiger charge is -2.17. The van der Waals surface area contributed by atoms with Gasteiger partial charge in [0.15, 0.2) is 6.61 Å². The van der Waals surface area contributed by atoms with E-state index in [-0.39, 0.29) is 24.5 Å². The first kappa shape index (κ1) is 18.5. The molecule has 2 aromatic carbocycles. The number of nitriles is 1. The van der Waals surface area contributed by atoms with E-state index < -0.39 is 0 Å². The summed E-state index contributed by atoms with van der Waals surface area (Å²) in [5, 5.41) is 11.7. The minimum atomic E-state index is -0.231. The first-order valence-electron chi connectivity index (χ1n) is 8.89. The van der Waals surface area contributed by atoms with E-state index >= 15 is 0 Å². The molecule has 27 heavy (non-hydrogen) atoms. The standard InChI is InChI=1S/C21H21N3O3/c1-15(17-6-4-16(13-22)5-7-17)23-20(25)14-27-19-10-8-18(9-11-19)24-12-2-3-21(24)26/h4-11,15H,2-3,12,14H2,1H3,(H,23,25). The van der Waals surface area contributed by atoms with Crippen LogP contribution in [0.5, 0.6) is 5.75 Å². The van der Waals surface area contributed by atoms with Crippen LogP contribution in [0.4, 0.5) is 5.69 Å². The molecule has 0 radical (unpaired) electrons. The topological polar surface area (TPSA) is 82.4 Å². The largest absolute Gasteiger partial charge is 0.484 e. The summed E-state index contributed by atoms with van der Waals surface area (Å²) in [5.41, 5.74) is 2.35. The number of benzene rings is 2. The quantitative estimate of drug-likeness (QED) is 0.855. The number of carbonyl (C=O) groups excluding carboxylic acids is 2. The van der Waals surface area contributed by atoms with Gasteiger partial charge in [0.2, 0.25) is 5.91 Å². The molecule has 1 N–H and O–H groups in total. The van der Waals surface area contributed by atoms with Crippen LogP contribution in [0.2, 0.25) is 0 Å². The van der Waals surface area contributed by atoms with Gasteiger partial charge in [0.1, 0.15) is 5.75 Å². The van der Waals surface area contributed by atoms with E-state index in [9.17, 15) is 9.59 Å². The number of hydrogen-bond donors (Lipinski definition) is 1. The predicted octanol–water partition coefficient (Wildman–Crippen LogP) is 2.94. The molecule has 138 valence electrons. The first-order valence-corrected chi connectivity index (χ1v) is 8.89. The molecular weight excluding hydrogens is 342 g/mol. The van der Waals surface area contributed by atoms with E-state index in [1.54, 1.807) is 29.2 Å². The highest BCUT2D eigenvalue weighted by Crippen LogP contribution is 2.23. The van der Waals surface area contributed by atoms with Crippen molar-refractivity contribution in [3.05, 3.63) is 59.7 Å². The van der Waals surface area contributed by atoms with Crippen LogP contribution in [-0.4, -0.2) is 25.0 Å². The summed E-state index contributed by atoms with van der Waals surface area (Å²) in [6.45, 7) is 2.53. The van der Waals surface area contributed by atoms with Crippen LogP contribution in [0, 0.1) is 11.3 Å². The molecule has 1 saturated heterocycles. The van der Waals surface area contributed by atoms with Crippen LogP contribution in [0.25, 0.3) is 0 Å². The van der Waals surface area contributed by atoms with Gasteiger partial charge in [-0.3, -0.25) is 9.59 Å². The molecule has 0 aromatic heterocycles. The Morgan fingerprint density at radius 3 is 2.52 bits per heavy atom. The lowest BCUT2D eigenvalue weighted by Crippen LogP contribution is -2.31. The summed E-state index contributed by atoms with van der Waals surface area (Å²) < 4.78 is 5.53. The Morgan fingerprint density at radius 1 is 1.22 bits per heavy atom. The monoisotopic (exact) mass is 363 g/mol. The van der Waals surface area contributed by atoms with Crippen LogP contribution >= 0.6 is 0 Å². The van der Waals surface area contributed by atoms with Gasteiger partial charge in [-0.2, -0.15) is 5.26 Å². The van der Waals surface area contributed by atoms with Crippen molar-refractivity contribution in [1.29, 1.82) is 5.26 Å². The highest BCUT2D eigenvalue weighted by atomic mass is 16.5. The molecule has 1 atom stereocenters. The van der Waals surface area contributed by atoms with Crippen molar-refractivity contribution in [3.8, 4) is 11.8 Å². The van der Waals surface area contributed by atoms with Crippen LogP contribution in [0.15, 0.2) is 48.5 Å². The van der Waals surface area contributed by atoms with Gasteiger partial charge in [-0.1, -0.05) is 12.1 Å². The Hall–Kier alpha value is -3.33. The third-order valence-electron chi connectivity index (χ3n) is 4.51. The molecule has 1 unspecified atom stereocenters. The fourth-order valence-electron chi connectivity index (χ4n) is 3.01. The molecule has 0 spiro atoms. The van der Waals surface area contributed by atoms with Crippen molar-refractivity contribution in [2.75, 3.05) is 18.1 Å². The smallest absolute Gasteiger partial charge is 0.258 e. The van der Waals surface area contributed by atoms with Gasteiger partial charge in [0.05, 0.1) is 17.7 Å². The molecule has 1 fully saturated rings. The van der Waals surface area contributed by atoms with Gasteiger partial charge >= 0.3 is 0 Å². The van der Waals surface area contributed by atoms with Crippen molar-refractivity contribution >= 4 is 17.5 Å². The second-order valence-corrected chi connectivity index (χ2v) is 6.45. The second-order valence-electron chi connectivity index (χ2n) is 6.45. The fraction of sp³-hybridized carbons (Fsp3) is 0.286. The number of hydrogen-bond acceptors (Lipinski definition) is 4. The van der Waals surface area contributed by atoms with Crippen molar-refractivity contribution in [2.45, 2.75) is 25.8 Å². The maximum absolute atomic E-state index is 12.1. The fourth-order valence-corrected chi connectivity index (χ4v) is 3.01.